The van der Waals surface area contributed by atoms with Gasteiger partial charge in [-0.1, -0.05) is 23.2 Å². The molecule has 120 valence electrons. The molecule has 2 aromatic rings. The van der Waals surface area contributed by atoms with E-state index >= 15 is 0 Å². The topological polar surface area (TPSA) is 81.4 Å². The molecule has 0 aliphatic carbocycles. The van der Waals surface area contributed by atoms with Crippen LogP contribution >= 0.6 is 23.2 Å². The summed E-state index contributed by atoms with van der Waals surface area (Å²) < 4.78 is 5.52. The summed E-state index contributed by atoms with van der Waals surface area (Å²) in [5.41, 5.74) is 6.04. The zero-order chi connectivity index (χ0) is 17.0. The third kappa shape index (κ3) is 4.61. The van der Waals surface area contributed by atoms with Crippen molar-refractivity contribution < 1.29 is 14.3 Å². The van der Waals surface area contributed by atoms with Crippen molar-refractivity contribution in [3.8, 4) is 5.75 Å². The Morgan fingerprint density at radius 3 is 2.39 bits per heavy atom. The highest BCUT2D eigenvalue weighted by atomic mass is 35.5. The lowest BCUT2D eigenvalue weighted by Gasteiger charge is -2.16. The average molecular weight is 353 g/mol. The van der Waals surface area contributed by atoms with E-state index in [4.69, 9.17) is 33.7 Å². The smallest absolute Gasteiger partial charge is 0.265 e. The quantitative estimate of drug-likeness (QED) is 0.863. The summed E-state index contributed by atoms with van der Waals surface area (Å²) >= 11 is 11.9. The first-order valence-corrected chi connectivity index (χ1v) is 7.45. The van der Waals surface area contributed by atoms with Gasteiger partial charge in [-0.15, -0.1) is 0 Å². The molecule has 0 heterocycles. The van der Waals surface area contributed by atoms with E-state index in [-0.39, 0.29) is 5.91 Å². The molecule has 23 heavy (non-hydrogen) atoms. The van der Waals surface area contributed by atoms with Crippen LogP contribution in [-0.2, 0) is 4.79 Å². The molecular formula is C16H14Cl2N2O3. The standard InChI is InChI=1S/C16H14Cl2N2O3/c1-9(23-14-8-11(17)4-7-13(14)18)16(22)20-12-5-2-10(3-6-12)15(19)21/h2-9H,1H3,(H2,19,21)(H,20,22)/t9-/m1/s1. The van der Waals surface area contributed by atoms with Crippen molar-refractivity contribution in [1.29, 1.82) is 0 Å². The minimum atomic E-state index is -0.790. The van der Waals surface area contributed by atoms with E-state index in [0.29, 0.717) is 27.0 Å². The number of rotatable bonds is 5. The van der Waals surface area contributed by atoms with E-state index in [2.05, 4.69) is 5.32 Å². The summed E-state index contributed by atoms with van der Waals surface area (Å²) in [6.07, 6.45) is -0.790. The molecule has 3 N–H and O–H groups in total. The van der Waals surface area contributed by atoms with Gasteiger partial charge in [-0.3, -0.25) is 9.59 Å². The number of benzene rings is 2. The molecule has 2 rings (SSSR count). The molecule has 1 atom stereocenters. The molecule has 0 saturated heterocycles. The number of anilines is 1. The number of nitrogens with two attached hydrogens (primary N) is 1. The van der Waals surface area contributed by atoms with Gasteiger partial charge in [0.1, 0.15) is 5.75 Å². The number of carbonyl (C=O) groups excluding carboxylic acids is 2. The van der Waals surface area contributed by atoms with Gasteiger partial charge in [-0.2, -0.15) is 0 Å². The summed E-state index contributed by atoms with van der Waals surface area (Å²) in [6.45, 7) is 1.59. The van der Waals surface area contributed by atoms with E-state index in [1.807, 2.05) is 0 Å². The molecule has 5 nitrogen and oxygen atoms in total. The van der Waals surface area contributed by atoms with Gasteiger partial charge >= 0.3 is 0 Å². The van der Waals surface area contributed by atoms with Crippen LogP contribution in [0, 0.1) is 0 Å². The molecular weight excluding hydrogens is 339 g/mol. The van der Waals surface area contributed by atoms with Crippen LogP contribution in [0.15, 0.2) is 42.5 Å². The molecule has 0 aliphatic rings. The molecule has 0 unspecified atom stereocenters. The van der Waals surface area contributed by atoms with Crippen molar-refractivity contribution in [2.45, 2.75) is 13.0 Å². The lowest BCUT2D eigenvalue weighted by Crippen LogP contribution is -2.30. The van der Waals surface area contributed by atoms with Crippen LogP contribution < -0.4 is 15.8 Å². The Bertz CT molecular complexity index is 733. The van der Waals surface area contributed by atoms with Gasteiger partial charge in [0.25, 0.3) is 5.91 Å². The summed E-state index contributed by atoms with van der Waals surface area (Å²) in [6, 6.07) is 11.0. The van der Waals surface area contributed by atoms with Crippen LogP contribution in [-0.4, -0.2) is 17.9 Å². The molecule has 0 fully saturated rings. The number of halogens is 2. The predicted molar refractivity (Wildman–Crippen MR) is 90.1 cm³/mol. The lowest BCUT2D eigenvalue weighted by molar-refractivity contribution is -0.122. The van der Waals surface area contributed by atoms with E-state index in [1.54, 1.807) is 31.2 Å². The number of hydrogen-bond acceptors (Lipinski definition) is 3. The second-order valence-electron chi connectivity index (χ2n) is 4.77. The molecule has 0 aliphatic heterocycles. The van der Waals surface area contributed by atoms with Crippen molar-refractivity contribution in [3.63, 3.8) is 0 Å². The SMILES string of the molecule is C[C@@H](Oc1cc(Cl)ccc1Cl)C(=O)Nc1ccc(C(N)=O)cc1. The van der Waals surface area contributed by atoms with E-state index in [1.165, 1.54) is 18.2 Å². The fourth-order valence-corrected chi connectivity index (χ4v) is 2.10. The molecule has 0 radical (unpaired) electrons. The van der Waals surface area contributed by atoms with Crippen molar-refractivity contribution >= 4 is 40.7 Å². The van der Waals surface area contributed by atoms with Crippen LogP contribution in [0.1, 0.15) is 17.3 Å². The van der Waals surface area contributed by atoms with Crippen molar-refractivity contribution in [2.24, 2.45) is 5.73 Å². The fourth-order valence-electron chi connectivity index (χ4n) is 1.77. The zero-order valence-electron chi connectivity index (χ0n) is 12.2. The predicted octanol–water partition coefficient (Wildman–Crippen LogP) is 3.50. The molecule has 2 aromatic carbocycles. The van der Waals surface area contributed by atoms with Crippen LogP contribution in [0.25, 0.3) is 0 Å². The number of primary amides is 1. The third-order valence-corrected chi connectivity index (χ3v) is 3.55. The van der Waals surface area contributed by atoms with Crippen molar-refractivity contribution in [3.05, 3.63) is 58.1 Å². The first kappa shape index (κ1) is 17.1. The largest absolute Gasteiger partial charge is 0.479 e. The normalized spacial score (nSPS) is 11.6. The Morgan fingerprint density at radius 1 is 1.13 bits per heavy atom. The van der Waals surface area contributed by atoms with E-state index in [0.717, 1.165) is 0 Å². The van der Waals surface area contributed by atoms with Crippen molar-refractivity contribution in [2.75, 3.05) is 5.32 Å². The maximum Gasteiger partial charge on any atom is 0.265 e. The Labute approximate surface area is 143 Å². The molecule has 0 bridgehead atoms. The Hall–Kier alpha value is -2.24. The highest BCUT2D eigenvalue weighted by molar-refractivity contribution is 6.34. The summed E-state index contributed by atoms with van der Waals surface area (Å²) in [7, 11) is 0. The number of hydrogen-bond donors (Lipinski definition) is 2. The van der Waals surface area contributed by atoms with Crippen LogP contribution in [0.5, 0.6) is 5.75 Å². The molecule has 0 saturated carbocycles. The Kier molecular flexibility index (Phi) is 5.47. The zero-order valence-corrected chi connectivity index (χ0v) is 13.7. The Morgan fingerprint density at radius 2 is 1.78 bits per heavy atom. The molecule has 0 spiro atoms. The minimum absolute atomic E-state index is 0.325. The molecule has 7 heteroatoms. The Balaban J connectivity index is 2.02. The van der Waals surface area contributed by atoms with Crippen molar-refractivity contribution in [1.82, 2.24) is 0 Å². The second kappa shape index (κ2) is 7.35. The summed E-state index contributed by atoms with van der Waals surface area (Å²) in [5, 5.41) is 3.49. The number of ether oxygens (including phenoxy) is 1. The fraction of sp³-hybridized carbons (Fsp3) is 0.125. The monoisotopic (exact) mass is 352 g/mol. The maximum atomic E-state index is 12.1. The van der Waals surface area contributed by atoms with Gasteiger partial charge in [0.15, 0.2) is 6.10 Å². The van der Waals surface area contributed by atoms with Gasteiger partial charge in [-0.25, -0.2) is 0 Å². The highest BCUT2D eigenvalue weighted by Crippen LogP contribution is 2.28. The lowest BCUT2D eigenvalue weighted by atomic mass is 10.2. The van der Waals surface area contributed by atoms with Crippen LogP contribution in [0.2, 0.25) is 10.0 Å². The van der Waals surface area contributed by atoms with Gasteiger partial charge in [0.05, 0.1) is 5.02 Å². The van der Waals surface area contributed by atoms with Gasteiger partial charge in [0, 0.05) is 22.3 Å². The maximum absolute atomic E-state index is 12.1. The second-order valence-corrected chi connectivity index (χ2v) is 5.61. The summed E-state index contributed by atoms with van der Waals surface area (Å²) in [4.78, 5) is 23.1. The van der Waals surface area contributed by atoms with E-state index < -0.39 is 12.0 Å². The van der Waals surface area contributed by atoms with Gasteiger partial charge < -0.3 is 15.8 Å². The average Bonchev–Trinajstić information content (AvgIpc) is 2.51. The van der Waals surface area contributed by atoms with Gasteiger partial charge in [0.2, 0.25) is 5.91 Å². The first-order chi connectivity index (χ1) is 10.9. The summed E-state index contributed by atoms with van der Waals surface area (Å²) in [5.74, 6) is -0.575. The van der Waals surface area contributed by atoms with Crippen LogP contribution in [0.3, 0.4) is 0 Å². The molecule has 0 aromatic heterocycles. The number of amides is 2. The number of nitrogens with one attached hydrogen (secondary N) is 1. The first-order valence-electron chi connectivity index (χ1n) is 6.69. The van der Waals surface area contributed by atoms with E-state index in [9.17, 15) is 9.59 Å². The molecule has 2 amide bonds. The third-order valence-electron chi connectivity index (χ3n) is 3.00. The number of carbonyl (C=O) groups is 2. The van der Waals surface area contributed by atoms with Gasteiger partial charge in [-0.05, 0) is 43.3 Å². The highest BCUT2D eigenvalue weighted by Gasteiger charge is 2.16. The minimum Gasteiger partial charge on any atom is -0.479 e. The van der Waals surface area contributed by atoms with Crippen LogP contribution in [0.4, 0.5) is 5.69 Å².